The molecule has 0 aromatic heterocycles. The molecule has 7 heteroatoms. The molecule has 1 N–H and O–H groups in total. The summed E-state index contributed by atoms with van der Waals surface area (Å²) < 4.78 is 43.4. The van der Waals surface area contributed by atoms with E-state index in [9.17, 15) is 18.0 Å². The Balaban J connectivity index is 2.19. The van der Waals surface area contributed by atoms with Crippen molar-refractivity contribution in [2.24, 2.45) is 0 Å². The number of rotatable bonds is 1. The van der Waals surface area contributed by atoms with Crippen LogP contribution in [0.5, 0.6) is 0 Å². The van der Waals surface area contributed by atoms with Crippen molar-refractivity contribution in [2.75, 3.05) is 19.6 Å². The number of halogens is 3. The highest BCUT2D eigenvalue weighted by molar-refractivity contribution is 5.69. The molecule has 1 aromatic rings. The molecule has 0 spiro atoms. The van der Waals surface area contributed by atoms with Crippen LogP contribution in [0.15, 0.2) is 24.3 Å². The average molecular weight is 330 g/mol. The zero-order valence-electron chi connectivity index (χ0n) is 13.4. The molecule has 1 atom stereocenters. The molecule has 128 valence electrons. The van der Waals surface area contributed by atoms with E-state index in [1.165, 1.54) is 12.1 Å². The molecule has 1 aliphatic heterocycles. The van der Waals surface area contributed by atoms with Gasteiger partial charge in [0.05, 0.1) is 11.6 Å². The lowest BCUT2D eigenvalue weighted by Gasteiger charge is -2.37. The monoisotopic (exact) mass is 330 g/mol. The van der Waals surface area contributed by atoms with Crippen LogP contribution < -0.4 is 5.32 Å². The molecule has 0 radical (unpaired) electrons. The summed E-state index contributed by atoms with van der Waals surface area (Å²) in [7, 11) is 0. The molecule has 0 bridgehead atoms. The minimum atomic E-state index is -4.37. The minimum absolute atomic E-state index is 0.346. The molecule has 1 unspecified atom stereocenters. The van der Waals surface area contributed by atoms with E-state index >= 15 is 0 Å². The number of hydrogen-bond acceptors (Lipinski definition) is 3. The van der Waals surface area contributed by atoms with Crippen molar-refractivity contribution in [2.45, 2.75) is 38.6 Å². The van der Waals surface area contributed by atoms with E-state index in [4.69, 9.17) is 4.74 Å². The van der Waals surface area contributed by atoms with Crippen LogP contribution in [0.4, 0.5) is 18.0 Å². The average Bonchev–Trinajstić information content (AvgIpc) is 2.45. The van der Waals surface area contributed by atoms with E-state index in [2.05, 4.69) is 5.32 Å². The third-order valence-corrected chi connectivity index (χ3v) is 3.49. The summed E-state index contributed by atoms with van der Waals surface area (Å²) in [6.45, 7) is 6.88. The van der Waals surface area contributed by atoms with Gasteiger partial charge in [0.15, 0.2) is 0 Å². The SMILES string of the molecule is CC(C)(C)OC(=O)N1CCNCC1c1ccc(C(F)(F)F)cc1. The van der Waals surface area contributed by atoms with Crippen molar-refractivity contribution in [3.63, 3.8) is 0 Å². The van der Waals surface area contributed by atoms with Gasteiger partial charge in [-0.2, -0.15) is 13.2 Å². The summed E-state index contributed by atoms with van der Waals surface area (Å²) >= 11 is 0. The first-order valence-electron chi connectivity index (χ1n) is 7.45. The van der Waals surface area contributed by atoms with Crippen LogP contribution in [0.1, 0.15) is 37.9 Å². The summed E-state index contributed by atoms with van der Waals surface area (Å²) in [6, 6.07) is 4.56. The molecule has 23 heavy (non-hydrogen) atoms. The topological polar surface area (TPSA) is 41.6 Å². The lowest BCUT2D eigenvalue weighted by molar-refractivity contribution is -0.137. The largest absolute Gasteiger partial charge is 0.444 e. The van der Waals surface area contributed by atoms with Gasteiger partial charge in [-0.05, 0) is 38.5 Å². The maximum Gasteiger partial charge on any atom is 0.416 e. The third-order valence-electron chi connectivity index (χ3n) is 3.49. The normalized spacial score (nSPS) is 19.6. The van der Waals surface area contributed by atoms with Gasteiger partial charge in [-0.3, -0.25) is 4.90 Å². The second-order valence-corrected chi connectivity index (χ2v) is 6.51. The first-order valence-corrected chi connectivity index (χ1v) is 7.45. The van der Waals surface area contributed by atoms with E-state index in [0.29, 0.717) is 25.2 Å². The Morgan fingerprint density at radius 1 is 1.22 bits per heavy atom. The molecule has 1 heterocycles. The van der Waals surface area contributed by atoms with Crippen LogP contribution in [-0.4, -0.2) is 36.2 Å². The van der Waals surface area contributed by atoms with Gasteiger partial charge in [-0.25, -0.2) is 4.79 Å². The quantitative estimate of drug-likeness (QED) is 0.856. The highest BCUT2D eigenvalue weighted by Gasteiger charge is 2.33. The number of piperazine rings is 1. The molecule has 2 rings (SSSR count). The Morgan fingerprint density at radius 3 is 2.35 bits per heavy atom. The molecule has 0 aliphatic carbocycles. The third kappa shape index (κ3) is 4.60. The standard InChI is InChI=1S/C16H21F3N2O2/c1-15(2,3)23-14(22)21-9-8-20-10-13(21)11-4-6-12(7-5-11)16(17,18)19/h4-7,13,20H,8-10H2,1-3H3. The van der Waals surface area contributed by atoms with E-state index in [1.54, 1.807) is 25.7 Å². The summed E-state index contributed by atoms with van der Waals surface area (Å²) in [5.74, 6) is 0. The number of amides is 1. The van der Waals surface area contributed by atoms with Crippen LogP contribution in [-0.2, 0) is 10.9 Å². The van der Waals surface area contributed by atoms with E-state index in [0.717, 1.165) is 12.1 Å². The Kier molecular flexibility index (Phi) is 4.89. The Hall–Kier alpha value is -1.76. The molecule has 1 aliphatic rings. The zero-order valence-corrected chi connectivity index (χ0v) is 13.4. The van der Waals surface area contributed by atoms with Gasteiger partial charge in [0.2, 0.25) is 0 Å². The second kappa shape index (κ2) is 6.39. The number of hydrogen-bond donors (Lipinski definition) is 1. The van der Waals surface area contributed by atoms with Gasteiger partial charge in [0.1, 0.15) is 5.60 Å². The second-order valence-electron chi connectivity index (χ2n) is 6.51. The highest BCUT2D eigenvalue weighted by atomic mass is 19.4. The van der Waals surface area contributed by atoms with Gasteiger partial charge < -0.3 is 10.1 Å². The Bertz CT molecular complexity index is 550. The molecule has 1 saturated heterocycles. The molecular formula is C16H21F3N2O2. The van der Waals surface area contributed by atoms with Gasteiger partial charge in [0.25, 0.3) is 0 Å². The first-order chi connectivity index (χ1) is 10.6. The van der Waals surface area contributed by atoms with E-state index in [-0.39, 0.29) is 6.04 Å². The van der Waals surface area contributed by atoms with Gasteiger partial charge in [0, 0.05) is 19.6 Å². The number of carbonyl (C=O) groups is 1. The predicted octanol–water partition coefficient (Wildman–Crippen LogP) is 3.59. The van der Waals surface area contributed by atoms with Crippen molar-refractivity contribution >= 4 is 6.09 Å². The molecular weight excluding hydrogens is 309 g/mol. The van der Waals surface area contributed by atoms with Crippen molar-refractivity contribution in [1.82, 2.24) is 10.2 Å². The number of ether oxygens (including phenoxy) is 1. The maximum atomic E-state index is 12.7. The van der Waals surface area contributed by atoms with Crippen LogP contribution >= 0.6 is 0 Å². The highest BCUT2D eigenvalue weighted by Crippen LogP contribution is 2.31. The molecule has 1 aromatic carbocycles. The number of benzene rings is 1. The van der Waals surface area contributed by atoms with Crippen LogP contribution in [0.3, 0.4) is 0 Å². The van der Waals surface area contributed by atoms with Crippen LogP contribution in [0, 0.1) is 0 Å². The Morgan fingerprint density at radius 2 is 1.83 bits per heavy atom. The fraction of sp³-hybridized carbons (Fsp3) is 0.562. The molecule has 0 saturated carbocycles. The molecule has 1 amide bonds. The fourth-order valence-electron chi connectivity index (χ4n) is 2.44. The smallest absolute Gasteiger partial charge is 0.416 e. The van der Waals surface area contributed by atoms with Crippen molar-refractivity contribution in [1.29, 1.82) is 0 Å². The van der Waals surface area contributed by atoms with Crippen molar-refractivity contribution < 1.29 is 22.7 Å². The van der Waals surface area contributed by atoms with Crippen molar-refractivity contribution in [3.05, 3.63) is 35.4 Å². The van der Waals surface area contributed by atoms with Crippen LogP contribution in [0.25, 0.3) is 0 Å². The van der Waals surface area contributed by atoms with Gasteiger partial charge in [-0.1, -0.05) is 12.1 Å². The number of carbonyl (C=O) groups excluding carboxylic acids is 1. The van der Waals surface area contributed by atoms with Gasteiger partial charge in [-0.15, -0.1) is 0 Å². The fourth-order valence-corrected chi connectivity index (χ4v) is 2.44. The molecule has 4 nitrogen and oxygen atoms in total. The minimum Gasteiger partial charge on any atom is -0.444 e. The lowest BCUT2D eigenvalue weighted by atomic mass is 10.0. The maximum absolute atomic E-state index is 12.7. The number of nitrogens with one attached hydrogen (secondary N) is 1. The van der Waals surface area contributed by atoms with Crippen molar-refractivity contribution in [3.8, 4) is 0 Å². The molecule has 1 fully saturated rings. The van der Waals surface area contributed by atoms with Gasteiger partial charge >= 0.3 is 12.3 Å². The first kappa shape index (κ1) is 17.6. The summed E-state index contributed by atoms with van der Waals surface area (Å²) in [5, 5.41) is 3.15. The van der Waals surface area contributed by atoms with Crippen LogP contribution in [0.2, 0.25) is 0 Å². The number of nitrogens with zero attached hydrogens (tertiary/aromatic N) is 1. The number of alkyl halides is 3. The summed E-state index contributed by atoms with van der Waals surface area (Å²) in [4.78, 5) is 13.9. The summed E-state index contributed by atoms with van der Waals surface area (Å²) in [6.07, 6.45) is -4.82. The van der Waals surface area contributed by atoms with E-state index < -0.39 is 23.4 Å². The van der Waals surface area contributed by atoms with E-state index in [1.807, 2.05) is 0 Å². The Labute approximate surface area is 133 Å². The lowest BCUT2D eigenvalue weighted by Crippen LogP contribution is -2.50. The zero-order chi connectivity index (χ0) is 17.3. The predicted molar refractivity (Wildman–Crippen MR) is 80.0 cm³/mol. The summed E-state index contributed by atoms with van der Waals surface area (Å²) in [5.41, 5.74) is -0.669.